The minimum atomic E-state index is -3.90. The molecule has 1 aromatic heterocycles. The Labute approximate surface area is 170 Å². The summed E-state index contributed by atoms with van der Waals surface area (Å²) in [7, 11) is -0.742. The van der Waals surface area contributed by atoms with Crippen molar-refractivity contribution in [1.29, 1.82) is 0 Å². The van der Waals surface area contributed by atoms with Crippen LogP contribution in [0.5, 0.6) is 11.5 Å². The van der Waals surface area contributed by atoms with E-state index in [2.05, 4.69) is 9.97 Å². The molecule has 29 heavy (non-hydrogen) atoms. The Bertz CT molecular complexity index is 1020. The van der Waals surface area contributed by atoms with Crippen LogP contribution in [0.2, 0.25) is 0 Å². The van der Waals surface area contributed by atoms with Gasteiger partial charge in [0.1, 0.15) is 11.5 Å². The van der Waals surface area contributed by atoms with Gasteiger partial charge < -0.3 is 19.6 Å². The van der Waals surface area contributed by atoms with Crippen LogP contribution < -0.4 is 9.47 Å². The maximum atomic E-state index is 13.0. The molecule has 0 amide bonds. The number of hydrogen-bond acceptors (Lipinski definition) is 6. The van der Waals surface area contributed by atoms with Gasteiger partial charge in [-0.05, 0) is 62.4 Å². The molecule has 0 bridgehead atoms. The number of rotatable bonds is 7. The fourth-order valence-electron chi connectivity index (χ4n) is 2.75. The van der Waals surface area contributed by atoms with Gasteiger partial charge in [0.05, 0.1) is 37.0 Å². The molecule has 0 aliphatic carbocycles. The van der Waals surface area contributed by atoms with E-state index < -0.39 is 21.2 Å². The molecule has 154 valence electrons. The predicted octanol–water partition coefficient (Wildman–Crippen LogP) is 3.31. The van der Waals surface area contributed by atoms with E-state index in [0.29, 0.717) is 22.9 Å². The molecule has 0 saturated carbocycles. The van der Waals surface area contributed by atoms with E-state index in [9.17, 15) is 13.5 Å². The molecule has 0 atom stereocenters. The number of nitrogens with zero attached hydrogens (tertiary/aromatic N) is 1. The number of aliphatic hydroxyl groups is 1. The van der Waals surface area contributed by atoms with Crippen molar-refractivity contribution in [1.82, 2.24) is 9.97 Å². The van der Waals surface area contributed by atoms with Crippen LogP contribution in [0.4, 0.5) is 0 Å². The Morgan fingerprint density at radius 1 is 0.931 bits per heavy atom. The normalized spacial score (nSPS) is 12.0. The first-order valence-electron chi connectivity index (χ1n) is 8.98. The monoisotopic (exact) mass is 416 g/mol. The zero-order valence-electron chi connectivity index (χ0n) is 16.8. The lowest BCUT2D eigenvalue weighted by Gasteiger charge is -2.19. The van der Waals surface area contributed by atoms with Crippen LogP contribution >= 0.6 is 0 Å². The zero-order chi connectivity index (χ0) is 21.2. The van der Waals surface area contributed by atoms with E-state index >= 15 is 0 Å². The largest absolute Gasteiger partial charge is 0.497 e. The van der Waals surface area contributed by atoms with Crippen LogP contribution in [0, 0.1) is 0 Å². The summed E-state index contributed by atoms with van der Waals surface area (Å²) in [5.41, 5.74) is 2.54. The number of sulfone groups is 1. The number of methoxy groups -OCH3 is 2. The Hall–Kier alpha value is -2.84. The molecule has 0 aliphatic heterocycles. The van der Waals surface area contributed by atoms with Crippen molar-refractivity contribution in [2.75, 3.05) is 20.8 Å². The van der Waals surface area contributed by atoms with Gasteiger partial charge in [0.25, 0.3) is 0 Å². The Morgan fingerprint density at radius 3 is 1.86 bits per heavy atom. The summed E-state index contributed by atoms with van der Waals surface area (Å²) in [5, 5.41) is 9.38. The van der Waals surface area contributed by atoms with Crippen LogP contribution in [-0.4, -0.2) is 49.1 Å². The van der Waals surface area contributed by atoms with Crippen molar-refractivity contribution in [3.8, 4) is 34.0 Å². The van der Waals surface area contributed by atoms with Crippen LogP contribution in [0.3, 0.4) is 0 Å². The van der Waals surface area contributed by atoms with Gasteiger partial charge in [-0.3, -0.25) is 0 Å². The Balaban J connectivity index is 2.20. The van der Waals surface area contributed by atoms with Crippen LogP contribution in [0.1, 0.15) is 13.8 Å². The molecule has 2 aromatic carbocycles. The third-order valence-corrected chi connectivity index (χ3v) is 7.07. The second-order valence-corrected chi connectivity index (χ2v) is 9.64. The SMILES string of the molecule is COc1ccc(-c2nc(S(=O)(=O)C(C)(C)CO)[nH]c2-c2ccc(OC)cc2)cc1. The van der Waals surface area contributed by atoms with Crippen molar-refractivity contribution in [2.24, 2.45) is 0 Å². The van der Waals surface area contributed by atoms with E-state index in [1.54, 1.807) is 38.5 Å². The minimum absolute atomic E-state index is 0.187. The molecule has 0 saturated heterocycles. The molecule has 0 unspecified atom stereocenters. The summed E-state index contributed by atoms with van der Waals surface area (Å²) in [5.74, 6) is 1.37. The number of nitrogens with one attached hydrogen (secondary N) is 1. The number of ether oxygens (including phenoxy) is 2. The second-order valence-electron chi connectivity index (χ2n) is 7.14. The van der Waals surface area contributed by atoms with Gasteiger partial charge in [0.15, 0.2) is 0 Å². The molecule has 7 nitrogen and oxygen atoms in total. The fraction of sp³-hybridized carbons (Fsp3) is 0.286. The van der Waals surface area contributed by atoms with E-state index in [1.807, 2.05) is 24.3 Å². The van der Waals surface area contributed by atoms with Crippen molar-refractivity contribution in [3.05, 3.63) is 48.5 Å². The highest BCUT2D eigenvalue weighted by atomic mass is 32.2. The number of benzene rings is 2. The average Bonchev–Trinajstić information content (AvgIpc) is 3.20. The number of hydrogen-bond donors (Lipinski definition) is 2. The first-order chi connectivity index (χ1) is 13.7. The highest BCUT2D eigenvalue weighted by Crippen LogP contribution is 2.35. The first kappa shape index (κ1) is 20.9. The molecule has 1 heterocycles. The van der Waals surface area contributed by atoms with Gasteiger partial charge in [-0.25, -0.2) is 13.4 Å². The van der Waals surface area contributed by atoms with E-state index in [4.69, 9.17) is 9.47 Å². The third-order valence-electron chi connectivity index (χ3n) is 4.79. The number of imidazole rings is 1. The van der Waals surface area contributed by atoms with Crippen molar-refractivity contribution < 1.29 is 23.0 Å². The molecule has 2 N–H and O–H groups in total. The molecular weight excluding hydrogens is 392 g/mol. The molecule has 3 aromatic rings. The summed E-state index contributed by atoms with van der Waals surface area (Å²) in [6, 6.07) is 14.4. The molecule has 0 aliphatic rings. The standard InChI is InChI=1S/C21H24N2O5S/c1-21(2,13-24)29(25,26)20-22-18(14-5-9-16(27-3)10-6-14)19(23-20)15-7-11-17(28-4)12-8-15/h5-12,24H,13H2,1-4H3,(H,22,23). The molecular formula is C21H24N2O5S. The number of aromatic amines is 1. The summed E-state index contributed by atoms with van der Waals surface area (Å²) in [6.07, 6.45) is 0. The van der Waals surface area contributed by atoms with E-state index in [0.717, 1.165) is 11.1 Å². The molecule has 0 fully saturated rings. The minimum Gasteiger partial charge on any atom is -0.497 e. The number of aliphatic hydroxyl groups excluding tert-OH is 1. The molecule has 0 radical (unpaired) electrons. The van der Waals surface area contributed by atoms with Gasteiger partial charge in [-0.1, -0.05) is 0 Å². The average molecular weight is 416 g/mol. The fourth-order valence-corrected chi connectivity index (χ4v) is 3.89. The molecule has 0 spiro atoms. The smallest absolute Gasteiger partial charge is 0.226 e. The highest BCUT2D eigenvalue weighted by molar-refractivity contribution is 7.92. The zero-order valence-corrected chi connectivity index (χ0v) is 17.6. The Morgan fingerprint density at radius 2 is 1.41 bits per heavy atom. The molecule has 8 heteroatoms. The van der Waals surface area contributed by atoms with Crippen LogP contribution in [0.25, 0.3) is 22.5 Å². The summed E-state index contributed by atoms with van der Waals surface area (Å²) < 4.78 is 35.1. The maximum Gasteiger partial charge on any atom is 0.226 e. The van der Waals surface area contributed by atoms with Crippen molar-refractivity contribution in [2.45, 2.75) is 23.8 Å². The van der Waals surface area contributed by atoms with Crippen LogP contribution in [-0.2, 0) is 9.84 Å². The predicted molar refractivity (Wildman–Crippen MR) is 111 cm³/mol. The maximum absolute atomic E-state index is 13.0. The second kappa shape index (κ2) is 7.88. The van der Waals surface area contributed by atoms with Gasteiger partial charge in [0, 0.05) is 11.1 Å². The summed E-state index contributed by atoms with van der Waals surface area (Å²) in [6.45, 7) is 2.40. The Kier molecular flexibility index (Phi) is 5.68. The summed E-state index contributed by atoms with van der Waals surface area (Å²) in [4.78, 5) is 7.38. The number of aromatic nitrogens is 2. The van der Waals surface area contributed by atoms with Crippen LogP contribution in [0.15, 0.2) is 53.7 Å². The van der Waals surface area contributed by atoms with Gasteiger partial charge in [-0.2, -0.15) is 0 Å². The number of H-pyrrole nitrogens is 1. The lowest BCUT2D eigenvalue weighted by molar-refractivity contribution is 0.257. The first-order valence-corrected chi connectivity index (χ1v) is 10.5. The van der Waals surface area contributed by atoms with E-state index in [-0.39, 0.29) is 5.16 Å². The quantitative estimate of drug-likeness (QED) is 0.613. The van der Waals surface area contributed by atoms with Crippen molar-refractivity contribution >= 4 is 9.84 Å². The lowest BCUT2D eigenvalue weighted by Crippen LogP contribution is -2.36. The highest BCUT2D eigenvalue weighted by Gasteiger charge is 2.38. The lowest BCUT2D eigenvalue weighted by atomic mass is 10.0. The van der Waals surface area contributed by atoms with Gasteiger partial charge in [0.2, 0.25) is 15.0 Å². The van der Waals surface area contributed by atoms with Gasteiger partial charge in [-0.15, -0.1) is 0 Å². The summed E-state index contributed by atoms with van der Waals surface area (Å²) >= 11 is 0. The van der Waals surface area contributed by atoms with E-state index in [1.165, 1.54) is 13.8 Å². The third kappa shape index (κ3) is 3.86. The molecule has 3 rings (SSSR count). The topological polar surface area (TPSA) is 102 Å². The van der Waals surface area contributed by atoms with Gasteiger partial charge >= 0.3 is 0 Å². The van der Waals surface area contributed by atoms with Crippen molar-refractivity contribution in [3.63, 3.8) is 0 Å².